The predicted octanol–water partition coefficient (Wildman–Crippen LogP) is 1.51. The number of hydrogen-bond acceptors (Lipinski definition) is 6. The van der Waals surface area contributed by atoms with E-state index in [0.29, 0.717) is 18.9 Å². The van der Waals surface area contributed by atoms with Crippen LogP contribution in [0.4, 0.5) is 11.4 Å². The molecule has 0 aliphatic rings. The van der Waals surface area contributed by atoms with Crippen molar-refractivity contribution >= 4 is 23.3 Å². The molecule has 0 aromatic heterocycles. The maximum atomic E-state index is 11.7. The minimum atomic E-state index is -0.392. The van der Waals surface area contributed by atoms with Gasteiger partial charge in [-0.2, -0.15) is 0 Å². The van der Waals surface area contributed by atoms with Crippen molar-refractivity contribution in [3.63, 3.8) is 0 Å². The van der Waals surface area contributed by atoms with Gasteiger partial charge in [-0.15, -0.1) is 0 Å². The van der Waals surface area contributed by atoms with Crippen LogP contribution >= 0.6 is 0 Å². The van der Waals surface area contributed by atoms with Crippen LogP contribution in [-0.2, 0) is 19.1 Å². The van der Waals surface area contributed by atoms with Gasteiger partial charge in [-0.05, 0) is 44.5 Å². The molecule has 116 valence electrons. The summed E-state index contributed by atoms with van der Waals surface area (Å²) < 4.78 is 9.86. The van der Waals surface area contributed by atoms with Crippen LogP contribution in [0, 0.1) is 6.92 Å². The first kappa shape index (κ1) is 16.8. The Labute approximate surface area is 124 Å². The Kier molecular flexibility index (Phi) is 6.52. The van der Waals surface area contributed by atoms with Crippen LogP contribution < -0.4 is 10.6 Å². The maximum absolute atomic E-state index is 11.7. The minimum absolute atomic E-state index is 0.0178. The molecule has 1 rings (SSSR count). The van der Waals surface area contributed by atoms with Gasteiger partial charge in [0.15, 0.2) is 0 Å². The minimum Gasteiger partial charge on any atom is -0.465 e. The number of nitrogens with zero attached hydrogens (tertiary/aromatic N) is 1. The van der Waals surface area contributed by atoms with Crippen molar-refractivity contribution in [1.82, 2.24) is 0 Å². The number of hydrogen-bond donors (Lipinski definition) is 1. The maximum Gasteiger partial charge on any atom is 0.325 e. The molecule has 0 fully saturated rings. The molecule has 6 nitrogen and oxygen atoms in total. The summed E-state index contributed by atoms with van der Waals surface area (Å²) in [5.41, 5.74) is 8.05. The second-order valence-corrected chi connectivity index (χ2v) is 4.51. The third-order valence-corrected chi connectivity index (χ3v) is 2.87. The molecule has 0 aliphatic heterocycles. The molecule has 2 N–H and O–H groups in total. The van der Waals surface area contributed by atoms with Gasteiger partial charge in [-0.25, -0.2) is 0 Å². The summed E-state index contributed by atoms with van der Waals surface area (Å²) in [6, 6.07) is 5.34. The number of carbonyl (C=O) groups is 2. The lowest BCUT2D eigenvalue weighted by atomic mass is 10.1. The van der Waals surface area contributed by atoms with E-state index in [4.69, 9.17) is 15.2 Å². The summed E-state index contributed by atoms with van der Waals surface area (Å²) in [6.07, 6.45) is 0. The Morgan fingerprint density at radius 2 is 1.62 bits per heavy atom. The second-order valence-electron chi connectivity index (χ2n) is 4.51. The fourth-order valence-electron chi connectivity index (χ4n) is 1.82. The molecule has 0 atom stereocenters. The molecule has 0 aliphatic carbocycles. The summed E-state index contributed by atoms with van der Waals surface area (Å²) in [5.74, 6) is -0.785. The van der Waals surface area contributed by atoms with Crippen LogP contribution in [0.15, 0.2) is 18.2 Å². The monoisotopic (exact) mass is 294 g/mol. The number of aryl methyl sites for hydroxylation is 1. The quantitative estimate of drug-likeness (QED) is 0.606. The number of ether oxygens (including phenoxy) is 2. The Bertz CT molecular complexity index is 482. The predicted molar refractivity (Wildman–Crippen MR) is 81.1 cm³/mol. The van der Waals surface area contributed by atoms with Crippen molar-refractivity contribution in [2.24, 2.45) is 0 Å². The van der Waals surface area contributed by atoms with Crippen molar-refractivity contribution < 1.29 is 19.1 Å². The number of rotatable bonds is 7. The molecule has 1 aromatic rings. The fraction of sp³-hybridized carbons (Fsp3) is 0.467. The molecule has 21 heavy (non-hydrogen) atoms. The zero-order valence-electron chi connectivity index (χ0n) is 12.7. The molecule has 0 bridgehead atoms. The largest absolute Gasteiger partial charge is 0.465 e. The molecule has 0 spiro atoms. The third-order valence-electron chi connectivity index (χ3n) is 2.87. The van der Waals surface area contributed by atoms with Crippen LogP contribution in [0.2, 0.25) is 0 Å². The molecule has 0 saturated carbocycles. The van der Waals surface area contributed by atoms with Crippen molar-refractivity contribution in [3.05, 3.63) is 23.8 Å². The number of nitrogen functional groups attached to an aromatic ring is 1. The van der Waals surface area contributed by atoms with E-state index in [1.165, 1.54) is 0 Å². The summed E-state index contributed by atoms with van der Waals surface area (Å²) >= 11 is 0. The van der Waals surface area contributed by atoms with Gasteiger partial charge in [0.1, 0.15) is 13.1 Å². The number of anilines is 2. The van der Waals surface area contributed by atoms with Gasteiger partial charge in [-0.3, -0.25) is 9.59 Å². The normalized spacial score (nSPS) is 10.0. The van der Waals surface area contributed by atoms with Gasteiger partial charge in [0.2, 0.25) is 0 Å². The first-order chi connectivity index (χ1) is 9.97. The van der Waals surface area contributed by atoms with Gasteiger partial charge in [0.25, 0.3) is 0 Å². The fourth-order valence-corrected chi connectivity index (χ4v) is 1.82. The van der Waals surface area contributed by atoms with E-state index in [9.17, 15) is 9.59 Å². The van der Waals surface area contributed by atoms with Gasteiger partial charge in [0, 0.05) is 11.4 Å². The van der Waals surface area contributed by atoms with Crippen LogP contribution in [0.5, 0.6) is 0 Å². The van der Waals surface area contributed by atoms with E-state index in [1.807, 2.05) is 13.0 Å². The average Bonchev–Trinajstić information content (AvgIpc) is 2.41. The van der Waals surface area contributed by atoms with Gasteiger partial charge >= 0.3 is 11.9 Å². The number of esters is 2. The van der Waals surface area contributed by atoms with E-state index in [1.54, 1.807) is 30.9 Å². The standard InChI is InChI=1S/C15H22N2O4/c1-4-20-14(18)9-17(10-15(19)21-5-2)12-6-7-13(16)11(3)8-12/h6-8H,4-5,9-10,16H2,1-3H3. The zero-order chi connectivity index (χ0) is 15.8. The Morgan fingerprint density at radius 1 is 1.10 bits per heavy atom. The molecule has 0 heterocycles. The highest BCUT2D eigenvalue weighted by Gasteiger charge is 2.17. The SMILES string of the molecule is CCOC(=O)CN(CC(=O)OCC)c1ccc(N)c(C)c1. The van der Waals surface area contributed by atoms with E-state index in [2.05, 4.69) is 0 Å². The number of benzene rings is 1. The molecule has 0 saturated heterocycles. The van der Waals surface area contributed by atoms with Crippen LogP contribution in [0.1, 0.15) is 19.4 Å². The van der Waals surface area contributed by atoms with Crippen molar-refractivity contribution in [2.75, 3.05) is 36.9 Å². The smallest absolute Gasteiger partial charge is 0.325 e. The molecule has 0 radical (unpaired) electrons. The molecular weight excluding hydrogens is 272 g/mol. The Balaban J connectivity index is 2.91. The number of nitrogens with two attached hydrogens (primary N) is 1. The van der Waals surface area contributed by atoms with E-state index < -0.39 is 11.9 Å². The average molecular weight is 294 g/mol. The lowest BCUT2D eigenvalue weighted by Gasteiger charge is -2.23. The van der Waals surface area contributed by atoms with Crippen molar-refractivity contribution in [2.45, 2.75) is 20.8 Å². The molecule has 0 amide bonds. The highest BCUT2D eigenvalue weighted by molar-refractivity contribution is 5.81. The van der Waals surface area contributed by atoms with Crippen molar-refractivity contribution in [3.8, 4) is 0 Å². The number of carbonyl (C=O) groups excluding carboxylic acids is 2. The topological polar surface area (TPSA) is 81.9 Å². The summed E-state index contributed by atoms with van der Waals surface area (Å²) in [6.45, 7) is 5.90. The van der Waals surface area contributed by atoms with E-state index in [0.717, 1.165) is 11.3 Å². The van der Waals surface area contributed by atoms with Gasteiger partial charge in [-0.1, -0.05) is 0 Å². The summed E-state index contributed by atoms with van der Waals surface area (Å²) in [7, 11) is 0. The van der Waals surface area contributed by atoms with E-state index >= 15 is 0 Å². The van der Waals surface area contributed by atoms with E-state index in [-0.39, 0.29) is 13.1 Å². The summed E-state index contributed by atoms with van der Waals surface area (Å²) in [4.78, 5) is 25.0. The van der Waals surface area contributed by atoms with Gasteiger partial charge < -0.3 is 20.1 Å². The molecular formula is C15H22N2O4. The summed E-state index contributed by atoms with van der Waals surface area (Å²) in [5, 5.41) is 0. The van der Waals surface area contributed by atoms with Gasteiger partial charge in [0.05, 0.1) is 13.2 Å². The van der Waals surface area contributed by atoms with Crippen molar-refractivity contribution in [1.29, 1.82) is 0 Å². The first-order valence-electron chi connectivity index (χ1n) is 6.90. The Hall–Kier alpha value is -2.24. The lowest BCUT2D eigenvalue weighted by molar-refractivity contribution is -0.142. The molecule has 0 unspecified atom stereocenters. The zero-order valence-corrected chi connectivity index (χ0v) is 12.7. The van der Waals surface area contributed by atoms with Crippen LogP contribution in [0.25, 0.3) is 0 Å². The second kappa shape index (κ2) is 8.14. The van der Waals surface area contributed by atoms with Crippen LogP contribution in [-0.4, -0.2) is 38.2 Å². The highest BCUT2D eigenvalue weighted by atomic mass is 16.5. The molecule has 6 heteroatoms. The Morgan fingerprint density at radius 3 is 2.05 bits per heavy atom. The highest BCUT2D eigenvalue weighted by Crippen LogP contribution is 2.20. The third kappa shape index (κ3) is 5.33. The first-order valence-corrected chi connectivity index (χ1v) is 6.90. The molecule has 1 aromatic carbocycles. The van der Waals surface area contributed by atoms with Crippen LogP contribution in [0.3, 0.4) is 0 Å². The lowest BCUT2D eigenvalue weighted by Crippen LogP contribution is -2.36.